The van der Waals surface area contributed by atoms with E-state index in [1.807, 2.05) is 60.4 Å². The van der Waals surface area contributed by atoms with Crippen molar-refractivity contribution < 1.29 is 9.72 Å². The van der Waals surface area contributed by atoms with Gasteiger partial charge < -0.3 is 10.2 Å². The molecule has 0 aliphatic carbocycles. The maximum absolute atomic E-state index is 13.8. The maximum Gasteiger partial charge on any atom is 0.322 e. The van der Waals surface area contributed by atoms with E-state index in [4.69, 9.17) is 0 Å². The number of nitrogens with zero attached hydrogens (tertiary/aromatic N) is 3. The Labute approximate surface area is 245 Å². The van der Waals surface area contributed by atoms with Gasteiger partial charge in [0.25, 0.3) is 5.69 Å². The number of piperidine rings is 1. The van der Waals surface area contributed by atoms with Crippen LogP contribution in [0, 0.1) is 17.0 Å². The summed E-state index contributed by atoms with van der Waals surface area (Å²) >= 11 is 1.56. The molecular weight excluding hydrogens is 532 g/mol. The van der Waals surface area contributed by atoms with E-state index in [0.29, 0.717) is 0 Å². The van der Waals surface area contributed by atoms with Crippen LogP contribution in [-0.2, 0) is 13.1 Å². The van der Waals surface area contributed by atoms with E-state index < -0.39 is 0 Å². The summed E-state index contributed by atoms with van der Waals surface area (Å²) in [6, 6.07) is 32.8. The van der Waals surface area contributed by atoms with Crippen molar-refractivity contribution >= 4 is 29.2 Å². The number of nitro groups is 1. The highest BCUT2D eigenvalue weighted by molar-refractivity contribution is 7.99. The van der Waals surface area contributed by atoms with Crippen molar-refractivity contribution in [2.24, 2.45) is 0 Å². The fourth-order valence-electron chi connectivity index (χ4n) is 5.13. The number of hydrogen-bond acceptors (Lipinski definition) is 5. The number of nitro benzene ring substituents is 1. The minimum Gasteiger partial charge on any atom is -0.317 e. The Morgan fingerprint density at radius 2 is 1.61 bits per heavy atom. The van der Waals surface area contributed by atoms with Crippen molar-refractivity contribution in [1.82, 2.24) is 9.80 Å². The molecular formula is C33H34N4O3S. The van der Waals surface area contributed by atoms with Gasteiger partial charge in [-0.05, 0) is 61.2 Å². The molecule has 7 nitrogen and oxygen atoms in total. The Morgan fingerprint density at radius 1 is 0.951 bits per heavy atom. The fraction of sp³-hybridized carbons (Fsp3) is 0.242. The van der Waals surface area contributed by atoms with Gasteiger partial charge in [0.15, 0.2) is 0 Å². The SMILES string of the molecule is Cc1ccc(Sc2ccc([N+](=O)[O-])cc2CN(C(=O)Nc2ccccc2)C2CCN(Cc3ccccc3)CC2)cc1. The Kier molecular flexibility index (Phi) is 9.33. The Balaban J connectivity index is 1.39. The summed E-state index contributed by atoms with van der Waals surface area (Å²) in [6.07, 6.45) is 1.65. The minimum absolute atomic E-state index is 0.00206. The van der Waals surface area contributed by atoms with Gasteiger partial charge in [0.2, 0.25) is 0 Å². The lowest BCUT2D eigenvalue weighted by Gasteiger charge is -2.39. The molecule has 1 aliphatic heterocycles. The summed E-state index contributed by atoms with van der Waals surface area (Å²) in [6.45, 7) is 4.94. The van der Waals surface area contributed by atoms with Crippen molar-refractivity contribution in [3.05, 3.63) is 130 Å². The van der Waals surface area contributed by atoms with Crippen molar-refractivity contribution in [1.29, 1.82) is 0 Å². The van der Waals surface area contributed by atoms with Gasteiger partial charge in [-0.1, -0.05) is 78.0 Å². The standard InChI is InChI=1S/C33H34N4O3S/c1-25-12-15-31(16-13-25)41-32-17-14-30(37(39)40)22-27(32)24-36(33(38)34-28-10-6-3-7-11-28)29-18-20-35(21-19-29)23-26-8-4-2-5-9-26/h2-17,22,29H,18-21,23-24H2,1H3,(H,34,38). The van der Waals surface area contributed by atoms with Crippen LogP contribution in [-0.4, -0.2) is 39.9 Å². The predicted molar refractivity (Wildman–Crippen MR) is 164 cm³/mol. The largest absolute Gasteiger partial charge is 0.322 e. The van der Waals surface area contributed by atoms with Gasteiger partial charge in [-0.15, -0.1) is 0 Å². The molecule has 4 aromatic rings. The fourth-order valence-corrected chi connectivity index (χ4v) is 6.05. The molecule has 2 amide bonds. The molecule has 0 bridgehead atoms. The third-order valence-electron chi connectivity index (χ3n) is 7.38. The van der Waals surface area contributed by atoms with Crippen LogP contribution in [0.25, 0.3) is 0 Å². The number of likely N-dealkylation sites (tertiary alicyclic amines) is 1. The second-order valence-electron chi connectivity index (χ2n) is 10.4. The summed E-state index contributed by atoms with van der Waals surface area (Å²) in [7, 11) is 0. The van der Waals surface area contributed by atoms with Crippen LogP contribution in [0.2, 0.25) is 0 Å². The van der Waals surface area contributed by atoms with Crippen molar-refractivity contribution in [3.8, 4) is 0 Å². The van der Waals surface area contributed by atoms with Crippen LogP contribution in [0.1, 0.15) is 29.5 Å². The van der Waals surface area contributed by atoms with Crippen LogP contribution >= 0.6 is 11.8 Å². The highest BCUT2D eigenvalue weighted by Gasteiger charge is 2.29. The second-order valence-corrected chi connectivity index (χ2v) is 11.5. The average Bonchev–Trinajstić information content (AvgIpc) is 2.99. The number of hydrogen-bond donors (Lipinski definition) is 1. The van der Waals surface area contributed by atoms with E-state index >= 15 is 0 Å². The Bertz CT molecular complexity index is 1460. The van der Waals surface area contributed by atoms with E-state index in [0.717, 1.165) is 53.5 Å². The maximum atomic E-state index is 13.8. The number of carbonyl (C=O) groups is 1. The normalized spacial score (nSPS) is 14.0. The average molecular weight is 567 g/mol. The quantitative estimate of drug-likeness (QED) is 0.166. The third-order valence-corrected chi connectivity index (χ3v) is 8.50. The molecule has 0 atom stereocenters. The molecule has 1 N–H and O–H groups in total. The highest BCUT2D eigenvalue weighted by atomic mass is 32.2. The number of benzene rings is 4. The second kappa shape index (κ2) is 13.5. The molecule has 5 rings (SSSR count). The van der Waals surface area contributed by atoms with Crippen molar-refractivity contribution in [2.75, 3.05) is 18.4 Å². The predicted octanol–water partition coefficient (Wildman–Crippen LogP) is 7.75. The third kappa shape index (κ3) is 7.74. The van der Waals surface area contributed by atoms with Crippen LogP contribution in [0.3, 0.4) is 0 Å². The van der Waals surface area contributed by atoms with E-state index in [2.05, 4.69) is 46.6 Å². The van der Waals surface area contributed by atoms with Gasteiger partial charge in [0, 0.05) is 59.8 Å². The summed E-state index contributed by atoms with van der Waals surface area (Å²) in [5, 5.41) is 14.8. The lowest BCUT2D eigenvalue weighted by molar-refractivity contribution is -0.385. The number of non-ortho nitro benzene ring substituents is 1. The van der Waals surface area contributed by atoms with Crippen LogP contribution < -0.4 is 5.32 Å². The first-order chi connectivity index (χ1) is 19.9. The van der Waals surface area contributed by atoms with Gasteiger partial charge in [0.05, 0.1) is 4.92 Å². The monoisotopic (exact) mass is 566 g/mol. The smallest absolute Gasteiger partial charge is 0.317 e. The molecule has 8 heteroatoms. The number of nitrogens with one attached hydrogen (secondary N) is 1. The van der Waals surface area contributed by atoms with E-state index in [1.165, 1.54) is 17.2 Å². The highest BCUT2D eigenvalue weighted by Crippen LogP contribution is 2.34. The lowest BCUT2D eigenvalue weighted by atomic mass is 10.0. The molecule has 0 spiro atoms. The molecule has 4 aromatic carbocycles. The molecule has 1 saturated heterocycles. The van der Waals surface area contributed by atoms with E-state index in [1.54, 1.807) is 23.9 Å². The van der Waals surface area contributed by atoms with E-state index in [-0.39, 0.29) is 29.2 Å². The number of rotatable bonds is 9. The van der Waals surface area contributed by atoms with Crippen molar-refractivity contribution in [2.45, 2.75) is 48.7 Å². The summed E-state index contributed by atoms with van der Waals surface area (Å²) < 4.78 is 0. The first kappa shape index (κ1) is 28.4. The van der Waals surface area contributed by atoms with Crippen LogP contribution in [0.4, 0.5) is 16.2 Å². The zero-order chi connectivity index (χ0) is 28.6. The first-order valence-electron chi connectivity index (χ1n) is 13.9. The van der Waals surface area contributed by atoms with Crippen LogP contribution in [0.5, 0.6) is 0 Å². The number of urea groups is 1. The Morgan fingerprint density at radius 3 is 2.27 bits per heavy atom. The molecule has 1 heterocycles. The zero-order valence-corrected chi connectivity index (χ0v) is 23.9. The van der Waals surface area contributed by atoms with Gasteiger partial charge in [-0.25, -0.2) is 4.79 Å². The van der Waals surface area contributed by atoms with Gasteiger partial charge in [0.1, 0.15) is 0 Å². The molecule has 1 fully saturated rings. The Hall–Kier alpha value is -4.14. The molecule has 0 saturated carbocycles. The number of aryl methyl sites for hydroxylation is 1. The van der Waals surface area contributed by atoms with Gasteiger partial charge in [-0.2, -0.15) is 0 Å². The summed E-state index contributed by atoms with van der Waals surface area (Å²) in [5.74, 6) is 0. The molecule has 0 aromatic heterocycles. The van der Waals surface area contributed by atoms with Gasteiger partial charge in [-0.3, -0.25) is 15.0 Å². The number of carbonyl (C=O) groups excluding carboxylic acids is 1. The van der Waals surface area contributed by atoms with Crippen molar-refractivity contribution in [3.63, 3.8) is 0 Å². The zero-order valence-electron chi connectivity index (χ0n) is 23.1. The molecule has 210 valence electrons. The summed E-state index contributed by atoms with van der Waals surface area (Å²) in [4.78, 5) is 31.3. The van der Waals surface area contributed by atoms with Gasteiger partial charge >= 0.3 is 6.03 Å². The molecule has 41 heavy (non-hydrogen) atoms. The first-order valence-corrected chi connectivity index (χ1v) is 14.7. The topological polar surface area (TPSA) is 78.7 Å². The molecule has 0 radical (unpaired) electrons. The number of amides is 2. The molecule has 0 unspecified atom stereocenters. The lowest BCUT2D eigenvalue weighted by Crippen LogP contribution is -2.48. The van der Waals surface area contributed by atoms with Crippen LogP contribution in [0.15, 0.2) is 113 Å². The number of anilines is 1. The van der Waals surface area contributed by atoms with E-state index in [9.17, 15) is 14.9 Å². The molecule has 1 aliphatic rings. The minimum atomic E-state index is -0.375. The number of para-hydroxylation sites is 1. The summed E-state index contributed by atoms with van der Waals surface area (Å²) in [5.41, 5.74) is 3.95.